The number of rotatable bonds is 3. The first-order valence-corrected chi connectivity index (χ1v) is 10.9. The van der Waals surface area contributed by atoms with E-state index in [1.165, 1.54) is 30.3 Å². The Morgan fingerprint density at radius 3 is 2.27 bits per heavy atom. The molecule has 1 aromatic heterocycles. The molecule has 1 aliphatic heterocycles. The predicted molar refractivity (Wildman–Crippen MR) is 125 cm³/mol. The Hall–Kier alpha value is -3.70. The van der Waals surface area contributed by atoms with Crippen LogP contribution in [0.5, 0.6) is 0 Å². The summed E-state index contributed by atoms with van der Waals surface area (Å²) < 4.78 is 5.54. The second-order valence-corrected chi connectivity index (χ2v) is 8.75. The summed E-state index contributed by atoms with van der Waals surface area (Å²) in [7, 11) is 0. The molecule has 0 atom stereocenters. The Kier molecular flexibility index (Phi) is 4.94. The van der Waals surface area contributed by atoms with Crippen molar-refractivity contribution in [1.29, 1.82) is 0 Å². The van der Waals surface area contributed by atoms with Crippen molar-refractivity contribution in [3.05, 3.63) is 95.2 Å². The molecule has 0 bridgehead atoms. The van der Waals surface area contributed by atoms with E-state index in [-0.39, 0.29) is 37.3 Å². The average Bonchev–Trinajstić information content (AvgIpc) is 3.02. The molecule has 2 amide bonds. The molecule has 0 saturated carbocycles. The van der Waals surface area contributed by atoms with Crippen LogP contribution in [0.1, 0.15) is 20.7 Å². The van der Waals surface area contributed by atoms with Crippen LogP contribution in [0.4, 0.5) is 11.4 Å². The molecule has 0 fully saturated rings. The van der Waals surface area contributed by atoms with Crippen molar-refractivity contribution in [3.63, 3.8) is 0 Å². The van der Waals surface area contributed by atoms with Crippen molar-refractivity contribution in [1.82, 2.24) is 4.98 Å². The monoisotopic (exact) mass is 569 g/mol. The molecule has 11 heteroatoms. The van der Waals surface area contributed by atoms with E-state index in [9.17, 15) is 24.5 Å². The first-order chi connectivity index (χ1) is 15.8. The van der Waals surface area contributed by atoms with E-state index < -0.39 is 22.4 Å². The number of anilines is 1. The SMILES string of the molecule is O=C1c2ccc(-c3nc4ccccc4c(=O)o3)cc2C(=O)N1c1cc(Br)c([N+](=O)[O-])c(Br)c1. The van der Waals surface area contributed by atoms with Crippen molar-refractivity contribution in [3.8, 4) is 11.5 Å². The quantitative estimate of drug-likeness (QED) is 0.191. The largest absolute Gasteiger partial charge is 0.403 e. The van der Waals surface area contributed by atoms with Crippen LogP contribution in [0.25, 0.3) is 22.4 Å². The Balaban J connectivity index is 1.59. The second kappa shape index (κ2) is 7.71. The third-order valence-electron chi connectivity index (χ3n) is 5.11. The number of nitro benzene ring substituents is 1. The van der Waals surface area contributed by atoms with Gasteiger partial charge in [-0.05, 0) is 74.3 Å². The average molecular weight is 571 g/mol. The molecule has 3 aromatic carbocycles. The number of aromatic nitrogens is 1. The molecule has 0 N–H and O–H groups in total. The van der Waals surface area contributed by atoms with Crippen LogP contribution in [-0.4, -0.2) is 21.7 Å². The standard InChI is InChI=1S/C22H9Br2N3O6/c23-15-8-11(9-16(24)18(15)27(31)32)26-20(28)12-6-5-10(7-14(12)21(26)29)19-25-17-4-2-1-3-13(17)22(30)33-19/h1-9H. The summed E-state index contributed by atoms with van der Waals surface area (Å²) in [6.07, 6.45) is 0. The van der Waals surface area contributed by atoms with Gasteiger partial charge in [-0.25, -0.2) is 14.7 Å². The number of fused-ring (bicyclic) bond motifs is 2. The van der Waals surface area contributed by atoms with Crippen LogP contribution in [0.2, 0.25) is 0 Å². The van der Waals surface area contributed by atoms with Crippen LogP contribution >= 0.6 is 31.9 Å². The highest BCUT2D eigenvalue weighted by Crippen LogP contribution is 2.39. The van der Waals surface area contributed by atoms with Gasteiger partial charge in [0.1, 0.15) is 0 Å². The van der Waals surface area contributed by atoms with E-state index in [1.54, 1.807) is 24.3 Å². The molecule has 0 aliphatic carbocycles. The van der Waals surface area contributed by atoms with Gasteiger partial charge in [-0.1, -0.05) is 12.1 Å². The molecule has 0 radical (unpaired) electrons. The molecule has 33 heavy (non-hydrogen) atoms. The third-order valence-corrected chi connectivity index (χ3v) is 6.32. The van der Waals surface area contributed by atoms with E-state index in [0.717, 1.165) is 4.90 Å². The Labute approximate surface area is 201 Å². The van der Waals surface area contributed by atoms with Gasteiger partial charge in [0.15, 0.2) is 0 Å². The van der Waals surface area contributed by atoms with E-state index in [1.807, 2.05) is 0 Å². The van der Waals surface area contributed by atoms with Gasteiger partial charge in [0.2, 0.25) is 5.89 Å². The molecule has 5 rings (SSSR count). The number of amides is 2. The fourth-order valence-corrected chi connectivity index (χ4v) is 5.06. The minimum absolute atomic E-state index is 0.0148. The number of para-hydroxylation sites is 1. The van der Waals surface area contributed by atoms with Crippen LogP contribution in [0.3, 0.4) is 0 Å². The van der Waals surface area contributed by atoms with Gasteiger partial charge in [0.25, 0.3) is 17.5 Å². The van der Waals surface area contributed by atoms with Gasteiger partial charge < -0.3 is 4.42 Å². The summed E-state index contributed by atoms with van der Waals surface area (Å²) in [6.45, 7) is 0. The first kappa shape index (κ1) is 21.2. The molecule has 162 valence electrons. The topological polar surface area (TPSA) is 124 Å². The fourth-order valence-electron chi connectivity index (χ4n) is 3.61. The molecule has 4 aromatic rings. The normalized spacial score (nSPS) is 13.0. The van der Waals surface area contributed by atoms with Gasteiger partial charge in [-0.3, -0.25) is 19.7 Å². The van der Waals surface area contributed by atoms with Crippen molar-refractivity contribution < 1.29 is 18.9 Å². The molecule has 0 saturated heterocycles. The van der Waals surface area contributed by atoms with E-state index >= 15 is 0 Å². The molecule has 0 spiro atoms. The fraction of sp³-hybridized carbons (Fsp3) is 0. The number of hydrogen-bond acceptors (Lipinski definition) is 7. The van der Waals surface area contributed by atoms with Crippen LogP contribution in [-0.2, 0) is 0 Å². The van der Waals surface area contributed by atoms with Gasteiger partial charge in [-0.2, -0.15) is 0 Å². The number of imide groups is 1. The lowest BCUT2D eigenvalue weighted by Gasteiger charge is -2.15. The van der Waals surface area contributed by atoms with E-state index in [4.69, 9.17) is 4.42 Å². The minimum Gasteiger partial charge on any atom is -0.403 e. The smallest absolute Gasteiger partial charge is 0.347 e. The molecule has 2 heterocycles. The number of carbonyl (C=O) groups excluding carboxylic acids is 2. The maximum absolute atomic E-state index is 13.1. The van der Waals surface area contributed by atoms with Crippen LogP contribution in [0.15, 0.2) is 72.8 Å². The minimum atomic E-state index is -0.618. The highest BCUT2D eigenvalue weighted by Gasteiger charge is 2.38. The first-order valence-electron chi connectivity index (χ1n) is 9.33. The molecular weight excluding hydrogens is 562 g/mol. The zero-order chi connectivity index (χ0) is 23.4. The second-order valence-electron chi connectivity index (χ2n) is 7.04. The number of benzene rings is 3. The van der Waals surface area contributed by atoms with Crippen molar-refractivity contribution in [2.75, 3.05) is 4.90 Å². The Morgan fingerprint density at radius 2 is 1.58 bits per heavy atom. The van der Waals surface area contributed by atoms with Gasteiger partial charge >= 0.3 is 5.63 Å². The summed E-state index contributed by atoms with van der Waals surface area (Å²) in [5.74, 6) is -1.18. The lowest BCUT2D eigenvalue weighted by molar-refractivity contribution is -0.386. The lowest BCUT2D eigenvalue weighted by Crippen LogP contribution is -2.29. The van der Waals surface area contributed by atoms with Crippen molar-refractivity contribution in [2.45, 2.75) is 0 Å². The van der Waals surface area contributed by atoms with Crippen molar-refractivity contribution >= 4 is 66.0 Å². The summed E-state index contributed by atoms with van der Waals surface area (Å²) in [4.78, 5) is 54.3. The van der Waals surface area contributed by atoms with Gasteiger partial charge in [0.05, 0.1) is 41.6 Å². The maximum atomic E-state index is 13.1. The predicted octanol–water partition coefficient (Wildman–Crippen LogP) is 5.09. The summed E-state index contributed by atoms with van der Waals surface area (Å²) in [6, 6.07) is 13.8. The van der Waals surface area contributed by atoms with Gasteiger partial charge in [-0.15, -0.1) is 0 Å². The van der Waals surface area contributed by atoms with E-state index in [0.29, 0.717) is 16.5 Å². The van der Waals surface area contributed by atoms with E-state index in [2.05, 4.69) is 36.8 Å². The lowest BCUT2D eigenvalue weighted by atomic mass is 10.1. The third kappa shape index (κ3) is 3.36. The number of nitro groups is 1. The van der Waals surface area contributed by atoms with Gasteiger partial charge in [0, 0.05) is 5.56 Å². The van der Waals surface area contributed by atoms with Crippen molar-refractivity contribution in [2.24, 2.45) is 0 Å². The summed E-state index contributed by atoms with van der Waals surface area (Å²) in [5.41, 5.74) is 0.399. The zero-order valence-electron chi connectivity index (χ0n) is 16.2. The zero-order valence-corrected chi connectivity index (χ0v) is 19.4. The highest BCUT2D eigenvalue weighted by molar-refractivity contribution is 9.11. The molecule has 0 unspecified atom stereocenters. The highest BCUT2D eigenvalue weighted by atomic mass is 79.9. The summed E-state index contributed by atoms with van der Waals surface area (Å²) >= 11 is 6.24. The van der Waals surface area contributed by atoms with Crippen LogP contribution in [0, 0.1) is 10.1 Å². The maximum Gasteiger partial charge on any atom is 0.347 e. The molecular formula is C22H9Br2N3O6. The number of halogens is 2. The molecule has 1 aliphatic rings. The Morgan fingerprint density at radius 1 is 0.909 bits per heavy atom. The summed E-state index contributed by atoms with van der Waals surface area (Å²) in [5, 5.41) is 11.5. The number of hydrogen-bond donors (Lipinski definition) is 0. The number of carbonyl (C=O) groups is 2. The Bertz CT molecular complexity index is 1570. The van der Waals surface area contributed by atoms with Crippen LogP contribution < -0.4 is 10.5 Å². The number of nitrogens with zero attached hydrogens (tertiary/aromatic N) is 3. The molecule has 9 nitrogen and oxygen atoms in total.